The Morgan fingerprint density at radius 2 is 2.00 bits per heavy atom. The summed E-state index contributed by atoms with van der Waals surface area (Å²) in [5.41, 5.74) is 1.80. The molecule has 25 heavy (non-hydrogen) atoms. The summed E-state index contributed by atoms with van der Waals surface area (Å²) in [6, 6.07) is 13.3. The van der Waals surface area contributed by atoms with Crippen molar-refractivity contribution in [3.8, 4) is 0 Å². The number of carbonyl (C=O) groups excluding carboxylic acids is 1. The molecule has 0 bridgehead atoms. The minimum Gasteiger partial charge on any atom is -0.334 e. The van der Waals surface area contributed by atoms with Gasteiger partial charge in [0.1, 0.15) is 0 Å². The average Bonchev–Trinajstić information content (AvgIpc) is 2.59. The number of piperidine rings is 1. The second kappa shape index (κ2) is 7.98. The van der Waals surface area contributed by atoms with E-state index in [2.05, 4.69) is 39.8 Å². The lowest BCUT2D eigenvalue weighted by Crippen LogP contribution is -2.48. The Morgan fingerprint density at radius 1 is 1.20 bits per heavy atom. The van der Waals surface area contributed by atoms with Gasteiger partial charge in [-0.3, -0.25) is 9.69 Å². The second-order valence-electron chi connectivity index (χ2n) is 6.53. The fraction of sp³-hybridized carbons (Fsp3) is 0.368. The van der Waals surface area contributed by atoms with Gasteiger partial charge in [-0.1, -0.05) is 30.3 Å². The highest BCUT2D eigenvalue weighted by Crippen LogP contribution is 2.14. The first-order valence-electron chi connectivity index (χ1n) is 8.60. The topological polar surface area (TPSA) is 66.4 Å². The number of nitrogens with one attached hydrogen (secondary N) is 2. The van der Waals surface area contributed by atoms with Crippen LogP contribution in [0.2, 0.25) is 0 Å². The molecular weight excluding hydrogens is 316 g/mol. The van der Waals surface area contributed by atoms with Gasteiger partial charge < -0.3 is 15.2 Å². The van der Waals surface area contributed by atoms with Crippen LogP contribution in [0.5, 0.6) is 0 Å². The molecule has 3 rings (SSSR count). The number of urea groups is 1. The van der Waals surface area contributed by atoms with Crippen LogP contribution in [-0.4, -0.2) is 34.6 Å². The molecule has 1 aliphatic rings. The molecule has 0 saturated carbocycles. The molecule has 0 radical (unpaired) electrons. The molecule has 1 fully saturated rings. The van der Waals surface area contributed by atoms with Crippen molar-refractivity contribution in [3.63, 3.8) is 0 Å². The van der Waals surface area contributed by atoms with Gasteiger partial charge in [-0.2, -0.15) is 0 Å². The van der Waals surface area contributed by atoms with Gasteiger partial charge in [0.25, 0.3) is 0 Å². The third kappa shape index (κ3) is 4.93. The van der Waals surface area contributed by atoms with Gasteiger partial charge in [0.2, 0.25) is 5.56 Å². The first-order valence-corrected chi connectivity index (χ1v) is 8.60. The van der Waals surface area contributed by atoms with Crippen molar-refractivity contribution in [2.75, 3.05) is 18.4 Å². The van der Waals surface area contributed by atoms with Gasteiger partial charge >= 0.3 is 6.03 Å². The van der Waals surface area contributed by atoms with E-state index in [9.17, 15) is 9.59 Å². The molecule has 2 aromatic rings. The van der Waals surface area contributed by atoms with Crippen molar-refractivity contribution in [3.05, 3.63) is 64.6 Å². The number of nitrogens with zero attached hydrogens (tertiary/aromatic N) is 2. The minimum absolute atomic E-state index is 0.102. The van der Waals surface area contributed by atoms with Gasteiger partial charge in [0.15, 0.2) is 0 Å². The van der Waals surface area contributed by atoms with Crippen molar-refractivity contribution >= 4 is 11.7 Å². The maximum Gasteiger partial charge on any atom is 0.319 e. The molecule has 0 spiro atoms. The SMILES string of the molecule is Cn1cc(NC(=O)N[C@@H]2CCCN(Cc3ccccc3)C2)ccc1=O. The molecule has 1 aliphatic heterocycles. The molecule has 2 heterocycles. The van der Waals surface area contributed by atoms with Crippen LogP contribution in [0.1, 0.15) is 18.4 Å². The lowest BCUT2D eigenvalue weighted by molar-refractivity contribution is 0.183. The molecule has 6 heteroatoms. The zero-order valence-electron chi connectivity index (χ0n) is 14.4. The van der Waals surface area contributed by atoms with E-state index in [-0.39, 0.29) is 17.6 Å². The Morgan fingerprint density at radius 3 is 2.76 bits per heavy atom. The number of anilines is 1. The third-order valence-electron chi connectivity index (χ3n) is 4.43. The van der Waals surface area contributed by atoms with Crippen LogP contribution in [0.4, 0.5) is 10.5 Å². The third-order valence-corrected chi connectivity index (χ3v) is 4.43. The highest BCUT2D eigenvalue weighted by atomic mass is 16.2. The quantitative estimate of drug-likeness (QED) is 0.896. The number of carbonyl (C=O) groups is 1. The summed E-state index contributed by atoms with van der Waals surface area (Å²) in [6.07, 6.45) is 3.66. The van der Waals surface area contributed by atoms with E-state index in [1.54, 1.807) is 19.3 Å². The van der Waals surface area contributed by atoms with Crippen molar-refractivity contribution in [1.29, 1.82) is 0 Å². The maximum absolute atomic E-state index is 12.2. The zero-order chi connectivity index (χ0) is 17.6. The second-order valence-corrected chi connectivity index (χ2v) is 6.53. The van der Waals surface area contributed by atoms with E-state index in [1.807, 2.05) is 6.07 Å². The fourth-order valence-electron chi connectivity index (χ4n) is 3.18. The van der Waals surface area contributed by atoms with Crippen LogP contribution in [0.15, 0.2) is 53.5 Å². The summed E-state index contributed by atoms with van der Waals surface area (Å²) in [4.78, 5) is 26.0. The van der Waals surface area contributed by atoms with Crippen LogP contribution >= 0.6 is 0 Å². The molecule has 6 nitrogen and oxygen atoms in total. The normalized spacial score (nSPS) is 17.9. The summed E-state index contributed by atoms with van der Waals surface area (Å²) < 4.78 is 1.44. The van der Waals surface area contributed by atoms with E-state index in [1.165, 1.54) is 16.2 Å². The molecule has 0 unspecified atom stereocenters. The van der Waals surface area contributed by atoms with E-state index >= 15 is 0 Å². The summed E-state index contributed by atoms with van der Waals surface area (Å²) in [5, 5.41) is 5.83. The zero-order valence-corrected chi connectivity index (χ0v) is 14.4. The summed E-state index contributed by atoms with van der Waals surface area (Å²) in [5.74, 6) is 0. The first-order chi connectivity index (χ1) is 12.1. The van der Waals surface area contributed by atoms with Crippen molar-refractivity contribution in [2.24, 2.45) is 7.05 Å². The van der Waals surface area contributed by atoms with E-state index in [0.717, 1.165) is 32.5 Å². The van der Waals surface area contributed by atoms with Crippen LogP contribution in [0.3, 0.4) is 0 Å². The molecule has 1 saturated heterocycles. The molecule has 1 aromatic carbocycles. The fourth-order valence-corrected chi connectivity index (χ4v) is 3.18. The Kier molecular flexibility index (Phi) is 5.50. The van der Waals surface area contributed by atoms with Crippen LogP contribution in [-0.2, 0) is 13.6 Å². The number of hydrogen-bond acceptors (Lipinski definition) is 3. The highest BCUT2D eigenvalue weighted by Gasteiger charge is 2.21. The molecular formula is C19H24N4O2. The summed E-state index contributed by atoms with van der Waals surface area (Å²) in [7, 11) is 1.66. The lowest BCUT2D eigenvalue weighted by atomic mass is 10.0. The van der Waals surface area contributed by atoms with Gasteiger partial charge in [-0.15, -0.1) is 0 Å². The standard InChI is InChI=1S/C19H24N4O2/c1-22-13-17(9-10-18(22)24)21-19(25)20-16-8-5-11-23(14-16)12-15-6-3-2-4-7-15/h2-4,6-7,9-10,13,16H,5,8,11-12,14H2,1H3,(H2,20,21,25)/t16-/m1/s1. The Labute approximate surface area is 147 Å². The number of likely N-dealkylation sites (tertiary alicyclic amines) is 1. The van der Waals surface area contributed by atoms with Crippen molar-refractivity contribution in [1.82, 2.24) is 14.8 Å². The highest BCUT2D eigenvalue weighted by molar-refractivity contribution is 5.89. The number of amides is 2. The largest absolute Gasteiger partial charge is 0.334 e. The molecule has 132 valence electrons. The Balaban J connectivity index is 1.52. The number of aryl methyl sites for hydroxylation is 1. The van der Waals surface area contributed by atoms with Crippen molar-refractivity contribution < 1.29 is 4.79 Å². The van der Waals surface area contributed by atoms with E-state index < -0.39 is 0 Å². The number of hydrogen-bond donors (Lipinski definition) is 2. The summed E-state index contributed by atoms with van der Waals surface area (Å²) >= 11 is 0. The molecule has 2 amide bonds. The molecule has 0 aliphatic carbocycles. The predicted octanol–water partition coefficient (Wildman–Crippen LogP) is 2.17. The smallest absolute Gasteiger partial charge is 0.319 e. The summed E-state index contributed by atoms with van der Waals surface area (Å²) in [6.45, 7) is 2.80. The van der Waals surface area contributed by atoms with Crippen LogP contribution in [0.25, 0.3) is 0 Å². The average molecular weight is 340 g/mol. The number of pyridine rings is 1. The molecule has 1 atom stereocenters. The Hall–Kier alpha value is -2.60. The van der Waals surface area contributed by atoms with Gasteiger partial charge in [0.05, 0.1) is 5.69 Å². The van der Waals surface area contributed by atoms with E-state index in [4.69, 9.17) is 0 Å². The van der Waals surface area contributed by atoms with Crippen molar-refractivity contribution in [2.45, 2.75) is 25.4 Å². The minimum atomic E-state index is -0.231. The lowest BCUT2D eigenvalue weighted by Gasteiger charge is -2.33. The van der Waals surface area contributed by atoms with Gasteiger partial charge in [0, 0.05) is 38.4 Å². The maximum atomic E-state index is 12.2. The first kappa shape index (κ1) is 17.2. The van der Waals surface area contributed by atoms with Crippen LogP contribution < -0.4 is 16.2 Å². The van der Waals surface area contributed by atoms with Crippen LogP contribution in [0, 0.1) is 0 Å². The monoisotopic (exact) mass is 340 g/mol. The number of benzene rings is 1. The molecule has 1 aromatic heterocycles. The molecule has 2 N–H and O–H groups in total. The van der Waals surface area contributed by atoms with Gasteiger partial charge in [-0.05, 0) is 31.0 Å². The van der Waals surface area contributed by atoms with E-state index in [0.29, 0.717) is 5.69 Å². The predicted molar refractivity (Wildman–Crippen MR) is 98.6 cm³/mol. The number of rotatable bonds is 4. The Bertz CT molecular complexity index is 772. The van der Waals surface area contributed by atoms with Gasteiger partial charge in [-0.25, -0.2) is 4.79 Å². The number of aromatic nitrogens is 1.